The summed E-state index contributed by atoms with van der Waals surface area (Å²) in [4.78, 5) is 25.8. The van der Waals surface area contributed by atoms with Crippen molar-refractivity contribution in [3.8, 4) is 21.9 Å². The fourth-order valence-electron chi connectivity index (χ4n) is 3.27. The highest BCUT2D eigenvalue weighted by Crippen LogP contribution is 2.41. The van der Waals surface area contributed by atoms with Crippen molar-refractivity contribution in [2.75, 3.05) is 14.2 Å². The Morgan fingerprint density at radius 3 is 2.29 bits per heavy atom. The van der Waals surface area contributed by atoms with E-state index in [4.69, 9.17) is 9.47 Å². The molecule has 2 aromatic carbocycles. The largest absolute Gasteiger partial charge is 0.497 e. The lowest BCUT2D eigenvalue weighted by Crippen LogP contribution is -2.07. The minimum atomic E-state index is -0.431. The second kappa shape index (κ2) is 7.48. The van der Waals surface area contributed by atoms with E-state index in [0.29, 0.717) is 16.2 Å². The Morgan fingerprint density at radius 1 is 0.857 bits per heavy atom. The van der Waals surface area contributed by atoms with Crippen LogP contribution in [0.15, 0.2) is 48.5 Å². The lowest BCUT2D eigenvalue weighted by atomic mass is 9.91. The van der Waals surface area contributed by atoms with Crippen molar-refractivity contribution in [3.05, 3.63) is 70.1 Å². The Hall–Kier alpha value is -3.12. The first kappa shape index (κ1) is 18.3. The first-order valence-corrected chi connectivity index (χ1v) is 9.61. The summed E-state index contributed by atoms with van der Waals surface area (Å²) in [5, 5.41) is 0. The van der Waals surface area contributed by atoms with Gasteiger partial charge in [-0.25, -0.2) is 9.59 Å². The number of benzene rings is 2. The van der Waals surface area contributed by atoms with Crippen molar-refractivity contribution in [3.63, 3.8) is 0 Å². The van der Waals surface area contributed by atoms with E-state index >= 15 is 0 Å². The lowest BCUT2D eigenvalue weighted by Gasteiger charge is -2.16. The molecule has 0 bridgehead atoms. The molecule has 0 unspecified atom stereocenters. The lowest BCUT2D eigenvalue weighted by molar-refractivity contribution is 0.0600. The van der Waals surface area contributed by atoms with Crippen LogP contribution >= 0.6 is 11.3 Å². The summed E-state index contributed by atoms with van der Waals surface area (Å²) in [7, 11) is 2.98. The second-order valence-corrected chi connectivity index (χ2v) is 7.45. The van der Waals surface area contributed by atoms with Gasteiger partial charge in [0.05, 0.1) is 19.8 Å². The van der Waals surface area contributed by atoms with Crippen molar-refractivity contribution in [2.45, 2.75) is 12.8 Å². The number of carbonyl (C=O) groups excluding carboxylic acids is 2. The van der Waals surface area contributed by atoms with Gasteiger partial charge in [0.25, 0.3) is 0 Å². The predicted molar refractivity (Wildman–Crippen MR) is 106 cm³/mol. The van der Waals surface area contributed by atoms with Crippen LogP contribution in [0, 0.1) is 0 Å². The zero-order valence-electron chi connectivity index (χ0n) is 15.5. The Morgan fingerprint density at radius 2 is 1.57 bits per heavy atom. The second-order valence-electron chi connectivity index (χ2n) is 6.39. The van der Waals surface area contributed by atoms with E-state index in [0.717, 1.165) is 34.6 Å². The highest BCUT2D eigenvalue weighted by molar-refractivity contribution is 7.17. The van der Waals surface area contributed by atoms with E-state index in [1.807, 2.05) is 18.2 Å². The van der Waals surface area contributed by atoms with Gasteiger partial charge in [-0.2, -0.15) is 0 Å². The van der Waals surface area contributed by atoms with Gasteiger partial charge in [0.2, 0.25) is 0 Å². The summed E-state index contributed by atoms with van der Waals surface area (Å²) >= 11 is 1.44. The third-order valence-corrected chi connectivity index (χ3v) is 5.91. The molecule has 6 heteroatoms. The molecule has 5 nitrogen and oxygen atoms in total. The molecule has 0 radical (unpaired) electrons. The molecule has 0 saturated carbocycles. The van der Waals surface area contributed by atoms with E-state index in [2.05, 4.69) is 10.8 Å². The Balaban J connectivity index is 1.55. The summed E-state index contributed by atoms with van der Waals surface area (Å²) in [6.07, 6.45) is 1.80. The number of aryl methyl sites for hydroxylation is 2. The topological polar surface area (TPSA) is 61.8 Å². The number of hydrogen-bond donors (Lipinski definition) is 0. The van der Waals surface area contributed by atoms with E-state index in [9.17, 15) is 9.59 Å². The van der Waals surface area contributed by atoms with E-state index < -0.39 is 11.9 Å². The third-order valence-electron chi connectivity index (χ3n) is 4.72. The Kier molecular flexibility index (Phi) is 4.88. The highest BCUT2D eigenvalue weighted by atomic mass is 32.1. The SMILES string of the molecule is COC(=O)c1ccc(OC(=O)c2cc3c(s2)-c2ccc(OC)cc2CC3)cc1. The summed E-state index contributed by atoms with van der Waals surface area (Å²) in [6, 6.07) is 14.3. The van der Waals surface area contributed by atoms with Crippen molar-refractivity contribution < 1.29 is 23.8 Å². The van der Waals surface area contributed by atoms with Crippen LogP contribution in [0.1, 0.15) is 31.2 Å². The number of thiophene rings is 1. The van der Waals surface area contributed by atoms with Crippen LogP contribution in [0.2, 0.25) is 0 Å². The van der Waals surface area contributed by atoms with Gasteiger partial charge in [-0.05, 0) is 78.1 Å². The van der Waals surface area contributed by atoms with Gasteiger partial charge in [-0.1, -0.05) is 0 Å². The molecule has 0 atom stereocenters. The molecule has 1 aromatic heterocycles. The Labute approximate surface area is 166 Å². The molecule has 1 aliphatic rings. The number of fused-ring (bicyclic) bond motifs is 3. The van der Waals surface area contributed by atoms with Crippen molar-refractivity contribution in [2.24, 2.45) is 0 Å². The van der Waals surface area contributed by atoms with Crippen LogP contribution in [-0.4, -0.2) is 26.2 Å². The van der Waals surface area contributed by atoms with Crippen molar-refractivity contribution >= 4 is 23.3 Å². The molecule has 1 heterocycles. The van der Waals surface area contributed by atoms with Gasteiger partial charge in [-0.3, -0.25) is 0 Å². The van der Waals surface area contributed by atoms with Crippen LogP contribution in [0.4, 0.5) is 0 Å². The maximum atomic E-state index is 12.6. The first-order chi connectivity index (χ1) is 13.6. The normalized spacial score (nSPS) is 11.9. The standard InChI is InChI=1S/C22H18O5S/c1-25-17-9-10-18-14(11-17)3-4-15-12-19(28-20(15)18)22(24)27-16-7-5-13(6-8-16)21(23)26-2/h5-12H,3-4H2,1-2H3. The van der Waals surface area contributed by atoms with Crippen molar-refractivity contribution in [1.29, 1.82) is 0 Å². The monoisotopic (exact) mass is 394 g/mol. The number of rotatable bonds is 4. The van der Waals surface area contributed by atoms with E-state index in [1.54, 1.807) is 31.4 Å². The fourth-order valence-corrected chi connectivity index (χ4v) is 4.42. The summed E-state index contributed by atoms with van der Waals surface area (Å²) in [6.45, 7) is 0. The first-order valence-electron chi connectivity index (χ1n) is 8.79. The average molecular weight is 394 g/mol. The molecule has 3 aromatic rings. The van der Waals surface area contributed by atoms with Gasteiger partial charge in [0.1, 0.15) is 16.4 Å². The molecule has 4 rings (SSSR count). The average Bonchev–Trinajstić information content (AvgIpc) is 3.18. The minimum Gasteiger partial charge on any atom is -0.497 e. The van der Waals surface area contributed by atoms with Crippen LogP contribution in [0.5, 0.6) is 11.5 Å². The molecule has 0 aliphatic heterocycles. The zero-order valence-corrected chi connectivity index (χ0v) is 16.3. The highest BCUT2D eigenvalue weighted by Gasteiger charge is 2.23. The van der Waals surface area contributed by atoms with E-state index in [1.165, 1.54) is 24.0 Å². The molecule has 0 fully saturated rings. The van der Waals surface area contributed by atoms with Gasteiger partial charge >= 0.3 is 11.9 Å². The number of hydrogen-bond acceptors (Lipinski definition) is 6. The molecule has 0 amide bonds. The van der Waals surface area contributed by atoms with E-state index in [-0.39, 0.29) is 0 Å². The molecule has 0 saturated heterocycles. The number of ether oxygens (including phenoxy) is 3. The summed E-state index contributed by atoms with van der Waals surface area (Å²) in [5.41, 5.74) is 3.94. The van der Waals surface area contributed by atoms with Crippen LogP contribution in [-0.2, 0) is 17.6 Å². The predicted octanol–water partition coefficient (Wildman–Crippen LogP) is 4.53. The molecule has 0 N–H and O–H groups in total. The van der Waals surface area contributed by atoms with Gasteiger partial charge < -0.3 is 14.2 Å². The smallest absolute Gasteiger partial charge is 0.353 e. The number of esters is 2. The zero-order chi connectivity index (χ0) is 19.7. The van der Waals surface area contributed by atoms with Gasteiger partial charge in [-0.15, -0.1) is 11.3 Å². The van der Waals surface area contributed by atoms with Gasteiger partial charge in [0.15, 0.2) is 0 Å². The molecular formula is C22H18O5S. The molecule has 142 valence electrons. The molecular weight excluding hydrogens is 376 g/mol. The quantitative estimate of drug-likeness (QED) is 0.481. The molecule has 1 aliphatic carbocycles. The van der Waals surface area contributed by atoms with Crippen molar-refractivity contribution in [1.82, 2.24) is 0 Å². The number of carbonyl (C=O) groups is 2. The maximum absolute atomic E-state index is 12.6. The Bertz CT molecular complexity index is 1050. The van der Waals surface area contributed by atoms with Crippen LogP contribution in [0.25, 0.3) is 10.4 Å². The maximum Gasteiger partial charge on any atom is 0.353 e. The summed E-state index contributed by atoms with van der Waals surface area (Å²) < 4.78 is 15.4. The minimum absolute atomic E-state index is 0.383. The van der Waals surface area contributed by atoms with Crippen LogP contribution in [0.3, 0.4) is 0 Å². The molecule has 0 spiro atoms. The molecule has 28 heavy (non-hydrogen) atoms. The fraction of sp³-hybridized carbons (Fsp3) is 0.182. The third kappa shape index (κ3) is 3.39. The number of methoxy groups -OCH3 is 2. The van der Waals surface area contributed by atoms with Crippen LogP contribution < -0.4 is 9.47 Å². The summed E-state index contributed by atoms with van der Waals surface area (Å²) in [5.74, 6) is 0.391. The van der Waals surface area contributed by atoms with Gasteiger partial charge in [0, 0.05) is 4.88 Å².